The van der Waals surface area contributed by atoms with Crippen LogP contribution in [0.15, 0.2) is 52.9 Å². The lowest BCUT2D eigenvalue weighted by Gasteiger charge is -2.25. The summed E-state index contributed by atoms with van der Waals surface area (Å²) >= 11 is 0. The third kappa shape index (κ3) is 3.76. The number of nitrogens with two attached hydrogens (primary N) is 1. The Hall–Kier alpha value is -2.97. The Morgan fingerprint density at radius 2 is 1.83 bits per heavy atom. The molecular weight excluding hydrogens is 393 g/mol. The molecule has 4 rings (SSSR count). The molecule has 0 aliphatic heterocycles. The molecule has 156 valence electrons. The van der Waals surface area contributed by atoms with E-state index in [1.807, 2.05) is 49.3 Å². The van der Waals surface area contributed by atoms with Crippen LogP contribution in [0.4, 0.5) is 13.2 Å². The summed E-state index contributed by atoms with van der Waals surface area (Å²) < 4.78 is 45.9. The first kappa shape index (κ1) is 20.3. The van der Waals surface area contributed by atoms with Crippen LogP contribution in [0.25, 0.3) is 33.5 Å². The molecule has 0 spiro atoms. The Labute approximate surface area is 171 Å². The minimum atomic E-state index is -4.45. The van der Waals surface area contributed by atoms with Crippen LogP contribution < -0.4 is 5.73 Å². The predicted molar refractivity (Wildman–Crippen MR) is 110 cm³/mol. The fourth-order valence-electron chi connectivity index (χ4n) is 3.58. The van der Waals surface area contributed by atoms with Crippen molar-refractivity contribution < 1.29 is 17.6 Å². The Morgan fingerprint density at radius 1 is 1.07 bits per heavy atom. The monoisotopic (exact) mass is 414 g/mol. The van der Waals surface area contributed by atoms with E-state index in [1.165, 1.54) is 6.07 Å². The van der Waals surface area contributed by atoms with Crippen LogP contribution in [-0.2, 0) is 6.18 Å². The molecule has 2 aromatic heterocycles. The van der Waals surface area contributed by atoms with Crippen molar-refractivity contribution in [2.45, 2.75) is 18.6 Å². The van der Waals surface area contributed by atoms with Gasteiger partial charge in [0.15, 0.2) is 11.6 Å². The first-order chi connectivity index (χ1) is 14.3. The van der Waals surface area contributed by atoms with Crippen molar-refractivity contribution in [2.75, 3.05) is 20.6 Å². The Kier molecular flexibility index (Phi) is 5.21. The maximum Gasteiger partial charge on any atom is 0.416 e. The standard InChI is InChI=1S/C22H21F3N4O/c1-29(2)17(9-10-26)20-15-12-14(22(23,24)25)7-8-16(15)27-21(28-20)19-11-13-5-3-4-6-18(13)30-19/h3-8,11-12,17H,9-10,26H2,1-2H3. The number of aromatic nitrogens is 2. The maximum absolute atomic E-state index is 13.3. The largest absolute Gasteiger partial charge is 0.453 e. The smallest absolute Gasteiger partial charge is 0.416 e. The lowest BCUT2D eigenvalue weighted by atomic mass is 10.0. The fraction of sp³-hybridized carbons (Fsp3) is 0.273. The molecule has 2 N–H and O–H groups in total. The second-order valence-corrected chi connectivity index (χ2v) is 7.37. The minimum absolute atomic E-state index is 0.271. The number of nitrogens with zero attached hydrogens (tertiary/aromatic N) is 3. The summed E-state index contributed by atoms with van der Waals surface area (Å²) in [6, 6.07) is 12.6. The summed E-state index contributed by atoms with van der Waals surface area (Å²) in [5.74, 6) is 0.793. The summed E-state index contributed by atoms with van der Waals surface area (Å²) in [5.41, 5.74) is 6.66. The number of hydrogen-bond donors (Lipinski definition) is 1. The van der Waals surface area contributed by atoms with Gasteiger partial charge in [0, 0.05) is 10.8 Å². The molecule has 0 saturated carbocycles. The molecule has 1 atom stereocenters. The van der Waals surface area contributed by atoms with Crippen molar-refractivity contribution >= 4 is 21.9 Å². The van der Waals surface area contributed by atoms with Gasteiger partial charge >= 0.3 is 6.18 Å². The SMILES string of the molecule is CN(C)C(CCN)c1nc(-c2cc3ccccc3o2)nc2ccc(C(F)(F)F)cc12. The average Bonchev–Trinajstić information content (AvgIpc) is 3.14. The highest BCUT2D eigenvalue weighted by Crippen LogP contribution is 2.36. The van der Waals surface area contributed by atoms with Crippen molar-refractivity contribution in [1.29, 1.82) is 0 Å². The minimum Gasteiger partial charge on any atom is -0.453 e. The molecule has 8 heteroatoms. The molecule has 0 bridgehead atoms. The number of benzene rings is 2. The number of furan rings is 1. The molecule has 0 amide bonds. The van der Waals surface area contributed by atoms with Gasteiger partial charge in [-0.3, -0.25) is 0 Å². The zero-order valence-electron chi connectivity index (χ0n) is 16.6. The summed E-state index contributed by atoms with van der Waals surface area (Å²) in [5, 5.41) is 1.26. The molecule has 4 aromatic rings. The molecule has 0 aliphatic rings. The Morgan fingerprint density at radius 3 is 2.50 bits per heavy atom. The van der Waals surface area contributed by atoms with Gasteiger partial charge < -0.3 is 15.1 Å². The van der Waals surface area contributed by atoms with E-state index < -0.39 is 11.7 Å². The number of hydrogen-bond acceptors (Lipinski definition) is 5. The number of para-hydroxylation sites is 1. The lowest BCUT2D eigenvalue weighted by molar-refractivity contribution is -0.137. The van der Waals surface area contributed by atoms with Crippen LogP contribution in [-0.4, -0.2) is 35.5 Å². The maximum atomic E-state index is 13.3. The average molecular weight is 414 g/mol. The van der Waals surface area contributed by atoms with Crippen LogP contribution in [0.3, 0.4) is 0 Å². The van der Waals surface area contributed by atoms with Crippen molar-refractivity contribution in [2.24, 2.45) is 5.73 Å². The van der Waals surface area contributed by atoms with E-state index in [2.05, 4.69) is 9.97 Å². The van der Waals surface area contributed by atoms with E-state index in [0.29, 0.717) is 46.7 Å². The molecular formula is C22H21F3N4O. The van der Waals surface area contributed by atoms with Crippen molar-refractivity contribution in [1.82, 2.24) is 14.9 Å². The zero-order valence-corrected chi connectivity index (χ0v) is 16.6. The van der Waals surface area contributed by atoms with E-state index in [-0.39, 0.29) is 6.04 Å². The second-order valence-electron chi connectivity index (χ2n) is 7.37. The number of fused-ring (bicyclic) bond motifs is 2. The van der Waals surface area contributed by atoms with Gasteiger partial charge in [0.05, 0.1) is 22.8 Å². The number of rotatable bonds is 5. The molecule has 5 nitrogen and oxygen atoms in total. The van der Waals surface area contributed by atoms with Crippen LogP contribution >= 0.6 is 0 Å². The van der Waals surface area contributed by atoms with Crippen LogP contribution in [0.5, 0.6) is 0 Å². The van der Waals surface area contributed by atoms with E-state index in [9.17, 15) is 13.2 Å². The second kappa shape index (κ2) is 7.70. The van der Waals surface area contributed by atoms with Gasteiger partial charge in [0.2, 0.25) is 0 Å². The normalized spacial score (nSPS) is 13.4. The van der Waals surface area contributed by atoms with Gasteiger partial charge in [0.1, 0.15) is 5.58 Å². The van der Waals surface area contributed by atoms with Crippen LogP contribution in [0.2, 0.25) is 0 Å². The predicted octanol–water partition coefficient (Wildman–Crippen LogP) is 5.01. The molecule has 0 aliphatic carbocycles. The molecule has 30 heavy (non-hydrogen) atoms. The Balaban J connectivity index is 1.96. The van der Waals surface area contributed by atoms with E-state index in [4.69, 9.17) is 10.2 Å². The summed E-state index contributed by atoms with van der Waals surface area (Å²) in [4.78, 5) is 11.1. The highest BCUT2D eigenvalue weighted by molar-refractivity contribution is 5.86. The van der Waals surface area contributed by atoms with Gasteiger partial charge in [-0.1, -0.05) is 18.2 Å². The Bertz CT molecular complexity index is 1170. The highest BCUT2D eigenvalue weighted by Gasteiger charge is 2.31. The quantitative estimate of drug-likeness (QED) is 0.497. The zero-order chi connectivity index (χ0) is 21.5. The van der Waals surface area contributed by atoms with E-state index in [1.54, 1.807) is 0 Å². The van der Waals surface area contributed by atoms with Crippen LogP contribution in [0.1, 0.15) is 23.7 Å². The number of alkyl halides is 3. The topological polar surface area (TPSA) is 68.2 Å². The molecule has 2 heterocycles. The highest BCUT2D eigenvalue weighted by atomic mass is 19.4. The third-order valence-electron chi connectivity index (χ3n) is 5.08. The number of halogens is 3. The molecule has 0 radical (unpaired) electrons. The molecule has 2 aromatic carbocycles. The first-order valence-electron chi connectivity index (χ1n) is 9.52. The summed E-state index contributed by atoms with van der Waals surface area (Å²) in [7, 11) is 3.70. The van der Waals surface area contributed by atoms with Crippen molar-refractivity contribution in [3.8, 4) is 11.6 Å². The third-order valence-corrected chi connectivity index (χ3v) is 5.08. The van der Waals surface area contributed by atoms with Gasteiger partial charge in [-0.05, 0) is 57.4 Å². The van der Waals surface area contributed by atoms with Crippen molar-refractivity contribution in [3.05, 3.63) is 59.8 Å². The van der Waals surface area contributed by atoms with E-state index in [0.717, 1.165) is 17.5 Å². The van der Waals surface area contributed by atoms with Crippen molar-refractivity contribution in [3.63, 3.8) is 0 Å². The molecule has 0 fully saturated rings. The molecule has 0 saturated heterocycles. The lowest BCUT2D eigenvalue weighted by Crippen LogP contribution is -2.24. The summed E-state index contributed by atoms with van der Waals surface area (Å²) in [6.07, 6.45) is -3.92. The first-order valence-corrected chi connectivity index (χ1v) is 9.52. The van der Waals surface area contributed by atoms with Gasteiger partial charge in [0.25, 0.3) is 0 Å². The van der Waals surface area contributed by atoms with Gasteiger partial charge in [-0.15, -0.1) is 0 Å². The fourth-order valence-corrected chi connectivity index (χ4v) is 3.58. The van der Waals surface area contributed by atoms with Gasteiger partial charge in [-0.25, -0.2) is 9.97 Å². The molecule has 1 unspecified atom stereocenters. The van der Waals surface area contributed by atoms with Crippen LogP contribution in [0, 0.1) is 0 Å². The summed E-state index contributed by atoms with van der Waals surface area (Å²) in [6.45, 7) is 0.368. The van der Waals surface area contributed by atoms with E-state index >= 15 is 0 Å². The van der Waals surface area contributed by atoms with Gasteiger partial charge in [-0.2, -0.15) is 13.2 Å².